The maximum atomic E-state index is 9.53. The van der Waals surface area contributed by atoms with Gasteiger partial charge in [-0.25, -0.2) is 13.9 Å². The maximum absolute atomic E-state index is 9.53. The molecule has 13 heteroatoms. The first-order chi connectivity index (χ1) is 23.8. The summed E-state index contributed by atoms with van der Waals surface area (Å²) in [4.78, 5) is 21.3. The second-order valence-corrected chi connectivity index (χ2v) is 12.1. The predicted octanol–water partition coefficient (Wildman–Crippen LogP) is 5.06. The van der Waals surface area contributed by atoms with Crippen LogP contribution in [0.4, 0.5) is 11.4 Å². The fourth-order valence-corrected chi connectivity index (χ4v) is 5.64. The van der Waals surface area contributed by atoms with E-state index in [1.54, 1.807) is 34.7 Å². The Hall–Kier alpha value is -5.31. The average molecular weight is 705 g/mol. The Morgan fingerprint density at radius 2 is 1.25 bits per heavy atom. The zero-order valence-electron chi connectivity index (χ0n) is 28.8. The van der Waals surface area contributed by atoms with Gasteiger partial charge >= 0.3 is 29.6 Å². The SMILES string of the molecule is CN(C)c1ccc(-c2cnc3[nH]cc(C#N)c3c2)cc1.CN(C)c1ccc(-c2cnc3c(c2)c(C#N)cn3SOOc2ccccc2)cc1.[Na+].[OH-]. The number of rotatable bonds is 8. The van der Waals surface area contributed by atoms with Gasteiger partial charge in [-0.05, 0) is 59.7 Å². The minimum atomic E-state index is 0. The Morgan fingerprint density at radius 3 is 1.80 bits per heavy atom. The molecule has 11 nitrogen and oxygen atoms in total. The zero-order chi connectivity index (χ0) is 34.3. The number of fused-ring (bicyclic) bond motifs is 2. The molecule has 0 unspecified atom stereocenters. The number of pyridine rings is 2. The van der Waals surface area contributed by atoms with E-state index >= 15 is 0 Å². The summed E-state index contributed by atoms with van der Waals surface area (Å²) in [6.07, 6.45) is 7.00. The van der Waals surface area contributed by atoms with Crippen LogP contribution in [0.25, 0.3) is 44.3 Å². The summed E-state index contributed by atoms with van der Waals surface area (Å²) < 4.78 is 6.92. The van der Waals surface area contributed by atoms with Crippen LogP contribution in [0.1, 0.15) is 11.1 Å². The van der Waals surface area contributed by atoms with Crippen LogP contribution in [-0.4, -0.2) is 52.6 Å². The van der Waals surface area contributed by atoms with E-state index in [1.807, 2.05) is 81.8 Å². The summed E-state index contributed by atoms with van der Waals surface area (Å²) in [6, 6.07) is 34.1. The van der Waals surface area contributed by atoms with Crippen LogP contribution in [0.15, 0.2) is 116 Å². The molecule has 2 N–H and O–H groups in total. The number of hydrogen-bond acceptors (Lipinski definition) is 10. The molecule has 7 aromatic rings. The molecule has 0 atom stereocenters. The van der Waals surface area contributed by atoms with Crippen molar-refractivity contribution in [2.75, 3.05) is 38.0 Å². The van der Waals surface area contributed by atoms with Gasteiger partial charge in [0.15, 0.2) is 23.6 Å². The van der Waals surface area contributed by atoms with Gasteiger partial charge in [-0.2, -0.15) is 10.5 Å². The average Bonchev–Trinajstić information content (AvgIpc) is 3.72. The van der Waals surface area contributed by atoms with E-state index in [0.29, 0.717) is 22.5 Å². The summed E-state index contributed by atoms with van der Waals surface area (Å²) in [5, 5.41) is 20.2. The molecule has 0 aliphatic heterocycles. The third kappa shape index (κ3) is 8.89. The van der Waals surface area contributed by atoms with Gasteiger partial charge in [0, 0.05) is 86.3 Å². The number of benzene rings is 3. The molecule has 0 fully saturated rings. The number of nitriles is 2. The molecule has 0 amide bonds. The molecule has 0 bridgehead atoms. The predicted molar refractivity (Wildman–Crippen MR) is 198 cm³/mol. The molecule has 0 aliphatic rings. The fraction of sp³-hybridized carbons (Fsp3) is 0.105. The first kappa shape index (κ1) is 38.5. The normalized spacial score (nSPS) is 10.2. The standard InChI is InChI=1S/C22H18N4O2S.C16H14N4.Na.H2O/c1-25(2)19-10-8-16(9-11-19)17-12-21-18(13-23)15-26(22(21)24-14-17)29-28-27-20-6-4-3-5-7-20;1-20(2)14-5-3-11(4-6-14)12-7-15-13(8-17)10-19-16(15)18-9-12;;/h3-12,14-15H,1-2H3;3-7,9-10H,1-2H3,(H,18,19);;1H2/q;;+1;/p-1. The second-order valence-electron chi connectivity index (χ2n) is 11.4. The monoisotopic (exact) mass is 704 g/mol. The third-order valence-electron chi connectivity index (χ3n) is 7.80. The number of aromatic amines is 1. The van der Waals surface area contributed by atoms with Crippen LogP contribution in [0.2, 0.25) is 0 Å². The zero-order valence-corrected chi connectivity index (χ0v) is 31.6. The fourth-order valence-electron chi connectivity index (χ4n) is 5.10. The van der Waals surface area contributed by atoms with Crippen molar-refractivity contribution in [3.05, 3.63) is 127 Å². The van der Waals surface area contributed by atoms with Crippen molar-refractivity contribution in [1.29, 1.82) is 10.5 Å². The summed E-state index contributed by atoms with van der Waals surface area (Å²) >= 11 is 0.963. The van der Waals surface area contributed by atoms with Crippen molar-refractivity contribution in [3.8, 4) is 40.1 Å². The summed E-state index contributed by atoms with van der Waals surface area (Å²) in [5.74, 6) is 0.591. The van der Waals surface area contributed by atoms with E-state index in [4.69, 9.17) is 14.5 Å². The van der Waals surface area contributed by atoms with Crippen LogP contribution >= 0.6 is 12.2 Å². The molecule has 4 heterocycles. The molecule has 0 spiro atoms. The van der Waals surface area contributed by atoms with Gasteiger partial charge in [0.25, 0.3) is 0 Å². The van der Waals surface area contributed by atoms with Crippen LogP contribution in [0.5, 0.6) is 5.75 Å². The van der Waals surface area contributed by atoms with Gasteiger partial charge in [0.2, 0.25) is 0 Å². The number of para-hydroxylation sites is 1. The summed E-state index contributed by atoms with van der Waals surface area (Å²) in [7, 11) is 8.04. The smallest absolute Gasteiger partial charge is 0.870 e. The topological polar surface area (TPSA) is 149 Å². The number of nitrogens with zero attached hydrogens (tertiary/aromatic N) is 7. The van der Waals surface area contributed by atoms with E-state index in [1.165, 1.54) is 0 Å². The Morgan fingerprint density at radius 1 is 0.706 bits per heavy atom. The van der Waals surface area contributed by atoms with Crippen LogP contribution < -0.4 is 44.2 Å². The number of anilines is 2. The van der Waals surface area contributed by atoms with Crippen molar-refractivity contribution < 1.29 is 44.3 Å². The number of aromatic nitrogens is 4. The van der Waals surface area contributed by atoms with Gasteiger partial charge in [-0.1, -0.05) is 46.8 Å². The molecule has 7 rings (SSSR count). The molecule has 3 aromatic carbocycles. The summed E-state index contributed by atoms with van der Waals surface area (Å²) in [5.41, 5.74) is 8.90. The maximum Gasteiger partial charge on any atom is 1.00 e. The first-order valence-electron chi connectivity index (χ1n) is 15.3. The minimum absolute atomic E-state index is 0. The molecule has 0 radical (unpaired) electrons. The third-order valence-corrected chi connectivity index (χ3v) is 8.37. The van der Waals surface area contributed by atoms with Gasteiger partial charge in [-0.15, -0.1) is 0 Å². The Bertz CT molecular complexity index is 2290. The van der Waals surface area contributed by atoms with E-state index < -0.39 is 0 Å². The summed E-state index contributed by atoms with van der Waals surface area (Å²) in [6.45, 7) is 0. The number of H-pyrrole nitrogens is 1. The quantitative estimate of drug-likeness (QED) is 0.0985. The van der Waals surface area contributed by atoms with Gasteiger partial charge < -0.3 is 25.1 Å². The molecule has 4 aromatic heterocycles. The van der Waals surface area contributed by atoms with E-state index in [9.17, 15) is 5.26 Å². The van der Waals surface area contributed by atoms with Gasteiger partial charge in [0.1, 0.15) is 17.8 Å². The Balaban J connectivity index is 0.000000234. The van der Waals surface area contributed by atoms with Crippen molar-refractivity contribution in [1.82, 2.24) is 18.9 Å². The largest absolute Gasteiger partial charge is 1.00 e. The molecular formula is C38H33N8NaO3S. The van der Waals surface area contributed by atoms with Gasteiger partial charge in [-0.3, -0.25) is 0 Å². The molecule has 51 heavy (non-hydrogen) atoms. The number of nitrogens with one attached hydrogen (secondary N) is 1. The molecule has 250 valence electrons. The molecule has 0 aliphatic carbocycles. The van der Waals surface area contributed by atoms with Crippen molar-refractivity contribution in [3.63, 3.8) is 0 Å². The van der Waals surface area contributed by atoms with Crippen LogP contribution in [0, 0.1) is 22.7 Å². The van der Waals surface area contributed by atoms with E-state index in [2.05, 4.69) is 68.4 Å². The first-order valence-corrected chi connectivity index (χ1v) is 15.9. The van der Waals surface area contributed by atoms with Gasteiger partial charge in [0.05, 0.1) is 11.1 Å². The second kappa shape index (κ2) is 17.6. The van der Waals surface area contributed by atoms with E-state index in [-0.39, 0.29) is 35.0 Å². The molecule has 0 saturated heterocycles. The Kier molecular flexibility index (Phi) is 13.3. The van der Waals surface area contributed by atoms with Crippen molar-refractivity contribution in [2.24, 2.45) is 0 Å². The molecular weight excluding hydrogens is 672 g/mol. The van der Waals surface area contributed by atoms with Crippen LogP contribution in [-0.2, 0) is 4.33 Å². The Labute approximate surface area is 322 Å². The van der Waals surface area contributed by atoms with Crippen LogP contribution in [0.3, 0.4) is 0 Å². The number of hydrogen-bond donors (Lipinski definition) is 1. The molecule has 0 saturated carbocycles. The minimum Gasteiger partial charge on any atom is -0.870 e. The van der Waals surface area contributed by atoms with Crippen molar-refractivity contribution in [2.45, 2.75) is 0 Å². The van der Waals surface area contributed by atoms with Crippen molar-refractivity contribution >= 4 is 45.7 Å². The van der Waals surface area contributed by atoms with E-state index in [0.717, 1.165) is 62.3 Å².